The van der Waals surface area contributed by atoms with Crippen molar-refractivity contribution in [2.45, 2.75) is 50.5 Å². The zero-order chi connectivity index (χ0) is 18.5. The van der Waals surface area contributed by atoms with Crippen molar-refractivity contribution in [2.24, 2.45) is 0 Å². The van der Waals surface area contributed by atoms with Crippen LogP contribution in [0.25, 0.3) is 0 Å². The van der Waals surface area contributed by atoms with Gasteiger partial charge in [-0.05, 0) is 38.3 Å². The highest BCUT2D eigenvalue weighted by Crippen LogP contribution is 2.37. The van der Waals surface area contributed by atoms with Gasteiger partial charge in [0.25, 0.3) is 5.91 Å². The predicted molar refractivity (Wildman–Crippen MR) is 108 cm³/mol. The normalized spacial score (nSPS) is 23.3. The number of unbranched alkanes of at least 4 members (excludes halogenated alkanes) is 1. The van der Waals surface area contributed by atoms with Crippen LogP contribution >= 0.6 is 12.1 Å². The van der Waals surface area contributed by atoms with Crippen molar-refractivity contribution in [1.29, 1.82) is 0 Å². The number of carbonyl (C=O) groups excluding carboxylic acids is 1. The van der Waals surface area contributed by atoms with Gasteiger partial charge in [0, 0.05) is 57.3 Å². The Kier molecular flexibility index (Phi) is 6.14. The van der Waals surface area contributed by atoms with Crippen molar-refractivity contribution in [2.75, 3.05) is 44.2 Å². The number of aromatic nitrogens is 2. The van der Waals surface area contributed by atoms with Gasteiger partial charge < -0.3 is 4.90 Å². The van der Waals surface area contributed by atoms with Crippen molar-refractivity contribution >= 4 is 24.0 Å². The van der Waals surface area contributed by atoms with Gasteiger partial charge in [-0.25, -0.2) is 14.7 Å². The summed E-state index contributed by atoms with van der Waals surface area (Å²) >= 11 is 1.54. The van der Waals surface area contributed by atoms with Crippen LogP contribution in [0.2, 0.25) is 0 Å². The molecular weight excluding hydrogens is 360 g/mol. The molecule has 1 saturated carbocycles. The first-order chi connectivity index (χ1) is 13.3. The lowest BCUT2D eigenvalue weighted by atomic mass is 9.82. The third-order valence-corrected chi connectivity index (χ3v) is 7.04. The first-order valence-electron chi connectivity index (χ1n) is 10.3. The van der Waals surface area contributed by atoms with E-state index in [0.29, 0.717) is 5.91 Å². The van der Waals surface area contributed by atoms with Crippen LogP contribution in [0.15, 0.2) is 18.5 Å². The van der Waals surface area contributed by atoms with E-state index < -0.39 is 0 Å². The van der Waals surface area contributed by atoms with Gasteiger partial charge in [0.05, 0.1) is 0 Å². The van der Waals surface area contributed by atoms with Gasteiger partial charge in [-0.1, -0.05) is 19.3 Å². The zero-order valence-corrected chi connectivity index (χ0v) is 16.8. The lowest BCUT2D eigenvalue weighted by Gasteiger charge is -2.34. The molecule has 0 radical (unpaired) electrons. The summed E-state index contributed by atoms with van der Waals surface area (Å²) in [5, 5.41) is 0. The maximum absolute atomic E-state index is 12.8. The third kappa shape index (κ3) is 4.38. The molecule has 3 heterocycles. The van der Waals surface area contributed by atoms with Crippen LogP contribution in [0.4, 0.5) is 5.95 Å². The van der Waals surface area contributed by atoms with E-state index in [1.54, 1.807) is 12.4 Å². The Hall–Kier alpha value is -1.38. The topological polar surface area (TPSA) is 64.6 Å². The molecule has 4 rings (SSSR count). The summed E-state index contributed by atoms with van der Waals surface area (Å²) < 4.78 is 5.42. The third-order valence-electron chi connectivity index (χ3n) is 5.99. The summed E-state index contributed by atoms with van der Waals surface area (Å²) in [6, 6.07) is 1.86. The van der Waals surface area contributed by atoms with Crippen LogP contribution in [0, 0.1) is 0 Å². The summed E-state index contributed by atoms with van der Waals surface area (Å²) in [6.45, 7) is 6.04. The van der Waals surface area contributed by atoms with E-state index in [0.717, 1.165) is 70.9 Å². The van der Waals surface area contributed by atoms with E-state index in [-0.39, 0.29) is 5.54 Å². The lowest BCUT2D eigenvalue weighted by molar-refractivity contribution is -0.131. The monoisotopic (exact) mass is 390 g/mol. The van der Waals surface area contributed by atoms with Gasteiger partial charge in [0.2, 0.25) is 5.95 Å². The highest BCUT2D eigenvalue weighted by molar-refractivity contribution is 7.96. The molecule has 0 unspecified atom stereocenters. The van der Waals surface area contributed by atoms with Crippen LogP contribution in [0.1, 0.15) is 44.9 Å². The molecule has 3 aliphatic rings. The van der Waals surface area contributed by atoms with Crippen LogP contribution in [0.5, 0.6) is 0 Å². The molecule has 2 saturated heterocycles. The number of hydrogen-bond donors (Lipinski definition) is 1. The molecule has 27 heavy (non-hydrogen) atoms. The van der Waals surface area contributed by atoms with Gasteiger partial charge >= 0.3 is 0 Å². The van der Waals surface area contributed by atoms with E-state index in [4.69, 9.17) is 0 Å². The molecule has 2 aliphatic heterocycles. The minimum Gasteiger partial charge on any atom is -0.338 e. The number of nitrogens with zero attached hydrogens (tertiary/aromatic N) is 5. The Bertz CT molecular complexity index is 616. The highest BCUT2D eigenvalue weighted by atomic mass is 32.2. The van der Waals surface area contributed by atoms with Gasteiger partial charge in [-0.2, -0.15) is 0 Å². The van der Waals surface area contributed by atoms with Crippen molar-refractivity contribution in [3.8, 4) is 0 Å². The Balaban J connectivity index is 1.14. The fraction of sp³-hybridized carbons (Fsp3) is 0.737. The molecule has 0 bridgehead atoms. The number of carbonyl (C=O) groups is 1. The summed E-state index contributed by atoms with van der Waals surface area (Å²) in [5.41, 5.74) is -0.251. The molecule has 0 atom stereocenters. The van der Waals surface area contributed by atoms with Crippen molar-refractivity contribution < 1.29 is 4.79 Å². The molecule has 0 aromatic carbocycles. The summed E-state index contributed by atoms with van der Waals surface area (Å²) in [7, 11) is 0. The Labute approximate surface area is 166 Å². The Morgan fingerprint density at radius 2 is 1.70 bits per heavy atom. The van der Waals surface area contributed by atoms with Crippen LogP contribution < -0.4 is 9.62 Å². The predicted octanol–water partition coefficient (Wildman–Crippen LogP) is 2.08. The van der Waals surface area contributed by atoms with Gasteiger partial charge in [0.15, 0.2) is 0 Å². The summed E-state index contributed by atoms with van der Waals surface area (Å²) in [5.74, 6) is 1.16. The molecule has 8 heteroatoms. The minimum atomic E-state index is -0.251. The average molecular weight is 391 g/mol. The van der Waals surface area contributed by atoms with E-state index in [1.165, 1.54) is 31.4 Å². The van der Waals surface area contributed by atoms with Crippen molar-refractivity contribution in [1.82, 2.24) is 23.9 Å². The molecule has 1 amide bonds. The second kappa shape index (κ2) is 8.75. The number of hydrogen-bond acceptors (Lipinski definition) is 7. The molecule has 1 N–H and O–H groups in total. The largest absolute Gasteiger partial charge is 0.338 e. The Morgan fingerprint density at radius 3 is 2.44 bits per heavy atom. The van der Waals surface area contributed by atoms with E-state index in [9.17, 15) is 4.79 Å². The highest BCUT2D eigenvalue weighted by Gasteiger charge is 2.47. The first-order valence-corrected chi connectivity index (χ1v) is 11.0. The summed E-state index contributed by atoms with van der Waals surface area (Å²) in [4.78, 5) is 26.2. The second-order valence-corrected chi connectivity index (χ2v) is 8.66. The molecule has 1 aromatic rings. The molecular formula is C19H30N6OS. The smallest absolute Gasteiger partial charge is 0.254 e. The molecule has 1 aromatic heterocycles. The van der Waals surface area contributed by atoms with E-state index in [1.807, 2.05) is 10.4 Å². The van der Waals surface area contributed by atoms with Crippen LogP contribution in [-0.4, -0.2) is 69.9 Å². The van der Waals surface area contributed by atoms with Gasteiger partial charge in [-0.3, -0.25) is 14.0 Å². The quantitative estimate of drug-likeness (QED) is 0.589. The number of rotatable bonds is 6. The fourth-order valence-electron chi connectivity index (χ4n) is 4.30. The van der Waals surface area contributed by atoms with Crippen LogP contribution in [-0.2, 0) is 4.79 Å². The molecule has 1 aliphatic carbocycles. The minimum absolute atomic E-state index is 0.251. The van der Waals surface area contributed by atoms with Gasteiger partial charge in [0.1, 0.15) is 5.54 Å². The number of nitrogens with one attached hydrogen (secondary N) is 1. The zero-order valence-electron chi connectivity index (χ0n) is 16.0. The van der Waals surface area contributed by atoms with Crippen molar-refractivity contribution in [3.63, 3.8) is 0 Å². The Morgan fingerprint density at radius 1 is 1.00 bits per heavy atom. The van der Waals surface area contributed by atoms with Gasteiger partial charge in [-0.15, -0.1) is 0 Å². The molecule has 1 spiro atoms. The lowest BCUT2D eigenvalue weighted by Crippen LogP contribution is -2.48. The SMILES string of the molecule is O=C1N(CCCCN2CCN(c3ncccn3)CC2)SNC12CCCCC2. The standard InChI is InChI=1S/C19H30N6OS/c26-17-19(7-2-1-3-8-19)22-27-25(17)12-5-4-11-23-13-15-24(16-14-23)18-20-9-6-10-21-18/h6,9-10,22H,1-5,7-8,11-16H2. The number of piperazine rings is 1. The first kappa shape index (κ1) is 19.0. The molecule has 148 valence electrons. The molecule has 3 fully saturated rings. The van der Waals surface area contributed by atoms with E-state index >= 15 is 0 Å². The van der Waals surface area contributed by atoms with E-state index in [2.05, 4.69) is 24.5 Å². The maximum Gasteiger partial charge on any atom is 0.254 e. The second-order valence-electron chi connectivity index (χ2n) is 7.83. The summed E-state index contributed by atoms with van der Waals surface area (Å²) in [6.07, 6.45) is 11.4. The molecule has 7 nitrogen and oxygen atoms in total. The number of amides is 1. The van der Waals surface area contributed by atoms with Crippen LogP contribution in [0.3, 0.4) is 0 Å². The number of anilines is 1. The average Bonchev–Trinajstić information content (AvgIpc) is 3.02. The fourth-order valence-corrected chi connectivity index (χ4v) is 5.36. The maximum atomic E-state index is 12.8. The van der Waals surface area contributed by atoms with Crippen molar-refractivity contribution in [3.05, 3.63) is 18.5 Å².